The quantitative estimate of drug-likeness (QED) is 0.465. The molecule has 0 spiro atoms. The van der Waals surface area contributed by atoms with Crippen molar-refractivity contribution in [1.29, 1.82) is 0 Å². The van der Waals surface area contributed by atoms with Crippen molar-refractivity contribution in [3.63, 3.8) is 0 Å². The Morgan fingerprint density at radius 2 is 1.91 bits per heavy atom. The van der Waals surface area contributed by atoms with Crippen LogP contribution in [0.5, 0.6) is 5.75 Å². The first-order valence-electron chi connectivity index (χ1n) is 10.8. The van der Waals surface area contributed by atoms with Gasteiger partial charge in [0.25, 0.3) is 5.91 Å². The lowest BCUT2D eigenvalue weighted by Crippen LogP contribution is -2.31. The number of fused-ring (bicyclic) bond motifs is 1. The average molecular weight is 450 g/mol. The fourth-order valence-corrected chi connectivity index (χ4v) is 4.17. The molecule has 32 heavy (non-hydrogen) atoms. The number of thioether (sulfide) groups is 1. The highest BCUT2D eigenvalue weighted by Gasteiger charge is 2.34. The molecule has 0 bridgehead atoms. The largest absolute Gasteiger partial charge is 0.494 e. The first-order chi connectivity index (χ1) is 15.6. The van der Waals surface area contributed by atoms with Gasteiger partial charge in [-0.25, -0.2) is 4.68 Å². The van der Waals surface area contributed by atoms with Crippen LogP contribution < -0.4 is 15.4 Å². The van der Waals surface area contributed by atoms with Crippen LogP contribution in [0.4, 0.5) is 11.6 Å². The number of aromatic nitrogens is 3. The molecule has 2 aromatic carbocycles. The maximum Gasteiger partial charge on any atom is 0.255 e. The lowest BCUT2D eigenvalue weighted by atomic mass is 9.95. The highest BCUT2D eigenvalue weighted by Crippen LogP contribution is 2.37. The van der Waals surface area contributed by atoms with Crippen LogP contribution >= 0.6 is 11.8 Å². The van der Waals surface area contributed by atoms with Crippen molar-refractivity contribution in [3.05, 3.63) is 71.4 Å². The van der Waals surface area contributed by atoms with Crippen LogP contribution in [0.25, 0.3) is 0 Å². The molecule has 0 saturated carbocycles. The summed E-state index contributed by atoms with van der Waals surface area (Å²) >= 11 is 1.57. The van der Waals surface area contributed by atoms with E-state index in [4.69, 9.17) is 9.84 Å². The molecule has 2 N–H and O–H groups in total. The van der Waals surface area contributed by atoms with Crippen molar-refractivity contribution < 1.29 is 9.53 Å². The number of rotatable bonds is 8. The van der Waals surface area contributed by atoms with Gasteiger partial charge in [0.2, 0.25) is 11.1 Å². The summed E-state index contributed by atoms with van der Waals surface area (Å²) in [6.45, 7) is 6.71. The maximum atomic E-state index is 13.4. The van der Waals surface area contributed by atoms with Gasteiger partial charge in [0.1, 0.15) is 11.8 Å². The van der Waals surface area contributed by atoms with Crippen molar-refractivity contribution >= 4 is 29.3 Å². The molecule has 1 aliphatic heterocycles. The van der Waals surface area contributed by atoms with Gasteiger partial charge in [-0.3, -0.25) is 4.79 Å². The van der Waals surface area contributed by atoms with Gasteiger partial charge in [-0.1, -0.05) is 55.9 Å². The Morgan fingerprint density at radius 3 is 2.59 bits per heavy atom. The van der Waals surface area contributed by atoms with Crippen LogP contribution in [-0.4, -0.2) is 33.0 Å². The Kier molecular flexibility index (Phi) is 6.80. The van der Waals surface area contributed by atoms with E-state index in [9.17, 15) is 4.79 Å². The third kappa shape index (κ3) is 4.65. The standard InChI is InChI=1S/C24H27N5O2S/c1-4-15-31-19-13-11-17(12-14-19)21-20(22(30)26-18-9-7-6-8-10-18)16(3)25-23-27-24(32-5-2)28-29(21)23/h6-14,21H,4-5,15H2,1-3H3,(H,26,30)(H,25,27,28). The molecule has 166 valence electrons. The number of amides is 1. The number of allylic oxidation sites excluding steroid dienone is 1. The normalized spacial score (nSPS) is 15.2. The topological polar surface area (TPSA) is 81.1 Å². The second kappa shape index (κ2) is 9.91. The van der Waals surface area contributed by atoms with Gasteiger partial charge in [-0.05, 0) is 48.9 Å². The van der Waals surface area contributed by atoms with Gasteiger partial charge >= 0.3 is 0 Å². The Hall–Kier alpha value is -3.26. The zero-order chi connectivity index (χ0) is 22.5. The van der Waals surface area contributed by atoms with Gasteiger partial charge in [0.05, 0.1) is 12.2 Å². The molecule has 0 saturated heterocycles. The smallest absolute Gasteiger partial charge is 0.255 e. The van der Waals surface area contributed by atoms with Crippen LogP contribution in [0.3, 0.4) is 0 Å². The zero-order valence-corrected chi connectivity index (χ0v) is 19.3. The van der Waals surface area contributed by atoms with Crippen molar-refractivity contribution in [2.45, 2.75) is 38.4 Å². The highest BCUT2D eigenvalue weighted by molar-refractivity contribution is 7.99. The molecule has 1 atom stereocenters. The van der Waals surface area contributed by atoms with Crippen LogP contribution in [0.15, 0.2) is 71.0 Å². The summed E-state index contributed by atoms with van der Waals surface area (Å²) in [7, 11) is 0. The molecule has 4 rings (SSSR count). The highest BCUT2D eigenvalue weighted by atomic mass is 32.2. The van der Waals surface area contributed by atoms with E-state index in [1.54, 1.807) is 16.4 Å². The van der Waals surface area contributed by atoms with Crippen LogP contribution in [0.1, 0.15) is 38.8 Å². The Labute approximate surface area is 192 Å². The third-order valence-corrected chi connectivity index (χ3v) is 5.77. The van der Waals surface area contributed by atoms with Crippen molar-refractivity contribution in [2.75, 3.05) is 23.0 Å². The summed E-state index contributed by atoms with van der Waals surface area (Å²) in [6, 6.07) is 16.9. The van der Waals surface area contributed by atoms with E-state index in [2.05, 4.69) is 29.5 Å². The van der Waals surface area contributed by atoms with E-state index in [0.29, 0.717) is 23.3 Å². The maximum absolute atomic E-state index is 13.4. The number of hydrogen-bond acceptors (Lipinski definition) is 6. The predicted octanol–water partition coefficient (Wildman–Crippen LogP) is 5.11. The van der Waals surface area contributed by atoms with Gasteiger partial charge in [0.15, 0.2) is 0 Å². The Morgan fingerprint density at radius 1 is 1.16 bits per heavy atom. The number of nitrogens with one attached hydrogen (secondary N) is 2. The number of carbonyl (C=O) groups excluding carboxylic acids is 1. The molecule has 1 unspecified atom stereocenters. The molecule has 7 nitrogen and oxygen atoms in total. The molecule has 0 radical (unpaired) electrons. The number of carbonyl (C=O) groups is 1. The third-order valence-electron chi connectivity index (χ3n) is 5.05. The zero-order valence-electron chi connectivity index (χ0n) is 18.5. The molecular weight excluding hydrogens is 422 g/mol. The summed E-state index contributed by atoms with van der Waals surface area (Å²) in [5.41, 5.74) is 3.03. The summed E-state index contributed by atoms with van der Waals surface area (Å²) in [5.74, 6) is 2.13. The van der Waals surface area contributed by atoms with Crippen LogP contribution in [-0.2, 0) is 4.79 Å². The number of benzene rings is 2. The van der Waals surface area contributed by atoms with E-state index in [1.807, 2.05) is 61.5 Å². The van der Waals surface area contributed by atoms with E-state index in [1.165, 1.54) is 0 Å². The lowest BCUT2D eigenvalue weighted by molar-refractivity contribution is -0.113. The number of nitrogens with zero attached hydrogens (tertiary/aromatic N) is 3. The molecule has 0 fully saturated rings. The van der Waals surface area contributed by atoms with E-state index >= 15 is 0 Å². The Balaban J connectivity index is 1.73. The first-order valence-corrected chi connectivity index (χ1v) is 11.8. The number of hydrogen-bond donors (Lipinski definition) is 2. The molecule has 1 aliphatic rings. The Bertz CT molecular complexity index is 1110. The minimum atomic E-state index is -0.408. The molecular formula is C24H27N5O2S. The van der Waals surface area contributed by atoms with Crippen molar-refractivity contribution in [2.24, 2.45) is 0 Å². The SMILES string of the molecule is CCCOc1ccc(C2C(C(=O)Nc3ccccc3)=C(C)Nc3nc(SCC)nn32)cc1. The minimum absolute atomic E-state index is 0.177. The number of ether oxygens (including phenoxy) is 1. The monoisotopic (exact) mass is 449 g/mol. The summed E-state index contributed by atoms with van der Waals surface area (Å²) in [6.07, 6.45) is 0.946. The van der Waals surface area contributed by atoms with Crippen LogP contribution in [0.2, 0.25) is 0 Å². The van der Waals surface area contributed by atoms with Crippen molar-refractivity contribution in [1.82, 2.24) is 14.8 Å². The fraction of sp³-hybridized carbons (Fsp3) is 0.292. The van der Waals surface area contributed by atoms with Gasteiger partial charge in [0, 0.05) is 11.4 Å². The van der Waals surface area contributed by atoms with E-state index in [0.717, 1.165) is 34.9 Å². The van der Waals surface area contributed by atoms with Crippen molar-refractivity contribution in [3.8, 4) is 5.75 Å². The van der Waals surface area contributed by atoms with Gasteiger partial charge in [-0.15, -0.1) is 5.10 Å². The summed E-state index contributed by atoms with van der Waals surface area (Å²) in [5, 5.41) is 11.7. The molecule has 3 aromatic rings. The van der Waals surface area contributed by atoms with E-state index < -0.39 is 6.04 Å². The van der Waals surface area contributed by atoms with Gasteiger partial charge in [-0.2, -0.15) is 4.98 Å². The van der Waals surface area contributed by atoms with Gasteiger partial charge < -0.3 is 15.4 Å². The second-order valence-electron chi connectivity index (χ2n) is 7.40. The minimum Gasteiger partial charge on any atom is -0.494 e. The average Bonchev–Trinajstić information content (AvgIpc) is 3.20. The van der Waals surface area contributed by atoms with E-state index in [-0.39, 0.29) is 5.91 Å². The number of para-hydroxylation sites is 1. The summed E-state index contributed by atoms with van der Waals surface area (Å²) < 4.78 is 7.53. The number of anilines is 2. The fourth-order valence-electron chi connectivity index (χ4n) is 3.61. The lowest BCUT2D eigenvalue weighted by Gasteiger charge is -2.28. The molecule has 0 aliphatic carbocycles. The van der Waals surface area contributed by atoms with Crippen LogP contribution in [0, 0.1) is 0 Å². The molecule has 2 heterocycles. The first kappa shape index (κ1) is 22.0. The summed E-state index contributed by atoms with van der Waals surface area (Å²) in [4.78, 5) is 18.0. The molecule has 1 amide bonds. The molecule has 8 heteroatoms. The molecule has 1 aromatic heterocycles. The second-order valence-corrected chi connectivity index (χ2v) is 8.63. The predicted molar refractivity (Wildman–Crippen MR) is 128 cm³/mol.